The van der Waals surface area contributed by atoms with E-state index in [4.69, 9.17) is 0 Å². The Morgan fingerprint density at radius 2 is 2.00 bits per heavy atom. The monoisotopic (exact) mass is 302 g/mol. The van der Waals surface area contributed by atoms with Gasteiger partial charge in [-0.25, -0.2) is 4.98 Å². The van der Waals surface area contributed by atoms with Crippen LogP contribution in [0.2, 0.25) is 0 Å². The fraction of sp³-hybridized carbons (Fsp3) is 0.308. The molecule has 1 heterocycles. The van der Waals surface area contributed by atoms with Crippen molar-refractivity contribution in [1.82, 2.24) is 10.3 Å². The quantitative estimate of drug-likeness (QED) is 0.927. The molecule has 0 saturated heterocycles. The predicted molar refractivity (Wildman–Crippen MR) is 71.7 cm³/mol. The third-order valence-electron chi connectivity index (χ3n) is 2.74. The average molecular weight is 302 g/mol. The maximum absolute atomic E-state index is 12.4. The fourth-order valence-electron chi connectivity index (χ4n) is 1.61. The Kier molecular flexibility index (Phi) is 4.29. The SMILES string of the molecule is CNC(C)c1csc(-c2ccccc2OC(F)(F)F)n1. The van der Waals surface area contributed by atoms with Crippen molar-refractivity contribution in [1.29, 1.82) is 0 Å². The van der Waals surface area contributed by atoms with Crippen molar-refractivity contribution in [3.8, 4) is 16.3 Å². The molecule has 0 amide bonds. The number of para-hydroxylation sites is 1. The van der Waals surface area contributed by atoms with Crippen LogP contribution in [0.15, 0.2) is 29.6 Å². The largest absolute Gasteiger partial charge is 0.573 e. The lowest BCUT2D eigenvalue weighted by Crippen LogP contribution is -2.17. The van der Waals surface area contributed by atoms with Crippen LogP contribution in [0.3, 0.4) is 0 Å². The van der Waals surface area contributed by atoms with Crippen LogP contribution in [0.25, 0.3) is 10.6 Å². The van der Waals surface area contributed by atoms with Crippen molar-refractivity contribution in [3.05, 3.63) is 35.3 Å². The van der Waals surface area contributed by atoms with Crippen molar-refractivity contribution in [3.63, 3.8) is 0 Å². The molecular weight excluding hydrogens is 289 g/mol. The molecule has 0 saturated carbocycles. The molecule has 1 atom stereocenters. The molecule has 1 aromatic heterocycles. The maximum atomic E-state index is 12.4. The number of nitrogens with zero attached hydrogens (tertiary/aromatic N) is 1. The summed E-state index contributed by atoms with van der Waals surface area (Å²) >= 11 is 1.29. The molecule has 0 aliphatic carbocycles. The predicted octanol–water partition coefficient (Wildman–Crippen LogP) is 3.99. The minimum atomic E-state index is -4.71. The topological polar surface area (TPSA) is 34.1 Å². The van der Waals surface area contributed by atoms with Crippen molar-refractivity contribution in [2.45, 2.75) is 19.3 Å². The smallest absolute Gasteiger partial charge is 0.405 e. The summed E-state index contributed by atoms with van der Waals surface area (Å²) in [5, 5.41) is 5.35. The molecule has 2 aromatic rings. The van der Waals surface area contributed by atoms with Crippen molar-refractivity contribution < 1.29 is 17.9 Å². The van der Waals surface area contributed by atoms with Gasteiger partial charge in [-0.15, -0.1) is 24.5 Å². The number of halogens is 3. The summed E-state index contributed by atoms with van der Waals surface area (Å²) < 4.78 is 41.2. The van der Waals surface area contributed by atoms with Crippen LogP contribution in [0.4, 0.5) is 13.2 Å². The molecule has 2 rings (SSSR count). The van der Waals surface area contributed by atoms with Crippen molar-refractivity contribution >= 4 is 11.3 Å². The Hall–Kier alpha value is -1.60. The summed E-state index contributed by atoms with van der Waals surface area (Å²) in [5.74, 6) is -0.238. The van der Waals surface area contributed by atoms with Gasteiger partial charge in [-0.1, -0.05) is 12.1 Å². The number of aromatic nitrogens is 1. The number of alkyl halides is 3. The van der Waals surface area contributed by atoms with Crippen LogP contribution >= 0.6 is 11.3 Å². The van der Waals surface area contributed by atoms with E-state index in [1.807, 2.05) is 12.3 Å². The number of hydrogen-bond donors (Lipinski definition) is 1. The highest BCUT2D eigenvalue weighted by Crippen LogP contribution is 2.35. The highest BCUT2D eigenvalue weighted by molar-refractivity contribution is 7.13. The number of thiazole rings is 1. The number of nitrogens with one attached hydrogen (secondary N) is 1. The van der Waals surface area contributed by atoms with Crippen molar-refractivity contribution in [2.24, 2.45) is 0 Å². The standard InChI is InChI=1S/C13H13F3N2OS/c1-8(17-2)10-7-20-12(18-10)9-5-3-4-6-11(9)19-13(14,15)16/h3-8,17H,1-2H3. The lowest BCUT2D eigenvalue weighted by molar-refractivity contribution is -0.274. The second-order valence-corrected chi connectivity index (χ2v) is 4.99. The van der Waals surface area contributed by atoms with E-state index in [0.717, 1.165) is 5.69 Å². The van der Waals surface area contributed by atoms with Crippen LogP contribution in [0.1, 0.15) is 18.7 Å². The molecule has 1 N–H and O–H groups in total. The first-order valence-corrected chi connectivity index (χ1v) is 6.76. The minimum absolute atomic E-state index is 0.0377. The lowest BCUT2D eigenvalue weighted by atomic mass is 10.2. The Morgan fingerprint density at radius 3 is 2.65 bits per heavy atom. The molecule has 108 valence electrons. The molecule has 0 fully saturated rings. The Bertz CT molecular complexity index is 583. The summed E-state index contributed by atoms with van der Waals surface area (Å²) in [4.78, 5) is 4.35. The van der Waals surface area contributed by atoms with Crippen LogP contribution < -0.4 is 10.1 Å². The Balaban J connectivity index is 2.35. The molecule has 0 radical (unpaired) electrons. The second kappa shape index (κ2) is 5.80. The van der Waals surface area contributed by atoms with Gasteiger partial charge in [0.2, 0.25) is 0 Å². The van der Waals surface area contributed by atoms with E-state index in [0.29, 0.717) is 10.6 Å². The summed E-state index contributed by atoms with van der Waals surface area (Å²) in [5.41, 5.74) is 1.12. The summed E-state index contributed by atoms with van der Waals surface area (Å²) in [6.45, 7) is 1.93. The van der Waals surface area contributed by atoms with Gasteiger partial charge in [0.15, 0.2) is 0 Å². The molecule has 0 aliphatic heterocycles. The number of ether oxygens (including phenoxy) is 1. The molecule has 0 bridgehead atoms. The van der Waals surface area contributed by atoms with Gasteiger partial charge in [0, 0.05) is 11.4 Å². The zero-order valence-corrected chi connectivity index (χ0v) is 11.7. The minimum Gasteiger partial charge on any atom is -0.405 e. The van der Waals surface area contributed by atoms with E-state index in [9.17, 15) is 13.2 Å². The third kappa shape index (κ3) is 3.49. The third-order valence-corrected chi connectivity index (χ3v) is 3.64. The average Bonchev–Trinajstić information content (AvgIpc) is 2.86. The molecule has 1 unspecified atom stereocenters. The first-order valence-electron chi connectivity index (χ1n) is 5.88. The number of rotatable bonds is 4. The molecular formula is C13H13F3N2OS. The van der Waals surface area contributed by atoms with Crippen molar-refractivity contribution in [2.75, 3.05) is 7.05 Å². The molecule has 20 heavy (non-hydrogen) atoms. The van der Waals surface area contributed by atoms with Gasteiger partial charge in [0.1, 0.15) is 10.8 Å². The van der Waals surface area contributed by atoms with Crippen LogP contribution in [-0.4, -0.2) is 18.4 Å². The van der Waals surface area contributed by atoms with E-state index >= 15 is 0 Å². The van der Waals surface area contributed by atoms with E-state index in [1.165, 1.54) is 23.5 Å². The van der Waals surface area contributed by atoms with E-state index in [2.05, 4.69) is 15.0 Å². The first kappa shape index (κ1) is 14.8. The van der Waals surface area contributed by atoms with Gasteiger partial charge in [-0.3, -0.25) is 0 Å². The Labute approximate surface area is 118 Å². The van der Waals surface area contributed by atoms with Gasteiger partial charge < -0.3 is 10.1 Å². The summed E-state index contributed by atoms with van der Waals surface area (Å²) in [7, 11) is 1.80. The zero-order chi connectivity index (χ0) is 14.8. The number of benzene rings is 1. The maximum Gasteiger partial charge on any atom is 0.573 e. The van der Waals surface area contributed by atoms with Crippen LogP contribution in [0, 0.1) is 0 Å². The lowest BCUT2D eigenvalue weighted by Gasteiger charge is -2.11. The Morgan fingerprint density at radius 1 is 1.30 bits per heavy atom. The molecule has 3 nitrogen and oxygen atoms in total. The van der Waals surface area contributed by atoms with Gasteiger partial charge in [-0.05, 0) is 26.1 Å². The van der Waals surface area contributed by atoms with Gasteiger partial charge in [0.25, 0.3) is 0 Å². The number of hydrogen-bond acceptors (Lipinski definition) is 4. The highest BCUT2D eigenvalue weighted by atomic mass is 32.1. The van der Waals surface area contributed by atoms with E-state index < -0.39 is 6.36 Å². The fourth-order valence-corrected chi connectivity index (χ4v) is 2.56. The highest BCUT2D eigenvalue weighted by Gasteiger charge is 2.32. The first-order chi connectivity index (χ1) is 9.40. The molecule has 1 aromatic carbocycles. The van der Waals surface area contributed by atoms with E-state index in [1.54, 1.807) is 19.2 Å². The zero-order valence-electron chi connectivity index (χ0n) is 10.9. The molecule has 0 aliphatic rings. The van der Waals surface area contributed by atoms with E-state index in [-0.39, 0.29) is 11.8 Å². The normalized spacial score (nSPS) is 13.2. The summed E-state index contributed by atoms with van der Waals surface area (Å²) in [6.07, 6.45) is -4.71. The van der Waals surface area contributed by atoms with Gasteiger partial charge in [0.05, 0.1) is 11.3 Å². The van der Waals surface area contributed by atoms with Gasteiger partial charge >= 0.3 is 6.36 Å². The van der Waals surface area contributed by atoms with Crippen LogP contribution in [0.5, 0.6) is 5.75 Å². The second-order valence-electron chi connectivity index (χ2n) is 4.13. The van der Waals surface area contributed by atoms with Crippen LogP contribution in [-0.2, 0) is 0 Å². The summed E-state index contributed by atoms with van der Waals surface area (Å²) in [6, 6.07) is 6.03. The molecule has 0 spiro atoms. The molecule has 7 heteroatoms. The van der Waals surface area contributed by atoms with Gasteiger partial charge in [-0.2, -0.15) is 0 Å².